The molecule has 206 valence electrons. The SMILES string of the molecule is C=CC(=O)OCCC(F)(F)OC(F)(F)OC(F)(F)CCOc1ccc2cc(-c3ccccc3CC)oc2c1. The van der Waals surface area contributed by atoms with Crippen molar-refractivity contribution in [3.05, 3.63) is 66.7 Å². The number of halogens is 6. The van der Waals surface area contributed by atoms with Gasteiger partial charge in [-0.25, -0.2) is 14.3 Å². The van der Waals surface area contributed by atoms with Crippen molar-refractivity contribution in [3.63, 3.8) is 0 Å². The molecular weight excluding hydrogens is 522 g/mol. The quantitative estimate of drug-likeness (QED) is 0.0914. The Morgan fingerprint density at radius 3 is 2.26 bits per heavy atom. The highest BCUT2D eigenvalue weighted by Gasteiger charge is 2.52. The van der Waals surface area contributed by atoms with Crippen LogP contribution in [0.1, 0.15) is 25.3 Å². The zero-order chi connectivity index (χ0) is 28.0. The molecule has 0 amide bonds. The second kappa shape index (κ2) is 11.9. The minimum Gasteiger partial charge on any atom is -0.493 e. The molecule has 0 saturated carbocycles. The van der Waals surface area contributed by atoms with E-state index in [2.05, 4.69) is 20.8 Å². The van der Waals surface area contributed by atoms with Crippen LogP contribution in [0, 0.1) is 0 Å². The first-order valence-electron chi connectivity index (χ1n) is 11.4. The van der Waals surface area contributed by atoms with Gasteiger partial charge in [0.1, 0.15) is 17.1 Å². The molecule has 2 aromatic carbocycles. The van der Waals surface area contributed by atoms with E-state index >= 15 is 0 Å². The molecule has 0 bridgehead atoms. The van der Waals surface area contributed by atoms with Crippen LogP contribution in [0.15, 0.2) is 65.6 Å². The molecule has 0 spiro atoms. The maximum absolute atomic E-state index is 13.9. The van der Waals surface area contributed by atoms with Gasteiger partial charge in [-0.3, -0.25) is 0 Å². The Balaban J connectivity index is 1.55. The van der Waals surface area contributed by atoms with Gasteiger partial charge >= 0.3 is 24.5 Å². The van der Waals surface area contributed by atoms with Gasteiger partial charge in [-0.1, -0.05) is 37.8 Å². The highest BCUT2D eigenvalue weighted by molar-refractivity contribution is 5.84. The lowest BCUT2D eigenvalue weighted by atomic mass is 10.0. The van der Waals surface area contributed by atoms with Crippen molar-refractivity contribution in [2.24, 2.45) is 0 Å². The Morgan fingerprint density at radius 2 is 1.61 bits per heavy atom. The summed E-state index contributed by atoms with van der Waals surface area (Å²) in [4.78, 5) is 10.8. The van der Waals surface area contributed by atoms with Gasteiger partial charge < -0.3 is 13.9 Å². The lowest BCUT2D eigenvalue weighted by Gasteiger charge is -2.26. The molecule has 0 fully saturated rings. The highest BCUT2D eigenvalue weighted by atomic mass is 19.3. The van der Waals surface area contributed by atoms with Gasteiger partial charge in [0.15, 0.2) is 0 Å². The molecule has 1 aromatic heterocycles. The largest absolute Gasteiger partial charge is 0.494 e. The number of rotatable bonds is 14. The number of hydrogen-bond donors (Lipinski definition) is 0. The lowest BCUT2D eigenvalue weighted by Crippen LogP contribution is -2.41. The average molecular weight is 546 g/mol. The van der Waals surface area contributed by atoms with E-state index in [1.807, 2.05) is 37.3 Å². The van der Waals surface area contributed by atoms with Gasteiger partial charge in [-0.05, 0) is 30.2 Å². The van der Waals surface area contributed by atoms with Crippen molar-refractivity contribution >= 4 is 16.9 Å². The first kappa shape index (κ1) is 29.1. The van der Waals surface area contributed by atoms with Gasteiger partial charge in [0.2, 0.25) is 0 Å². The van der Waals surface area contributed by atoms with E-state index in [1.165, 1.54) is 12.1 Å². The van der Waals surface area contributed by atoms with E-state index in [0.717, 1.165) is 22.9 Å². The molecule has 6 nitrogen and oxygen atoms in total. The van der Waals surface area contributed by atoms with Crippen molar-refractivity contribution in [2.75, 3.05) is 13.2 Å². The smallest absolute Gasteiger partial charge is 0.493 e. The van der Waals surface area contributed by atoms with Crippen molar-refractivity contribution in [1.82, 2.24) is 0 Å². The molecule has 0 aliphatic carbocycles. The minimum atomic E-state index is -5.35. The molecule has 0 radical (unpaired) electrons. The van der Waals surface area contributed by atoms with Crippen LogP contribution >= 0.6 is 0 Å². The van der Waals surface area contributed by atoms with E-state index in [9.17, 15) is 31.1 Å². The zero-order valence-electron chi connectivity index (χ0n) is 20.2. The number of carbonyl (C=O) groups excluding carboxylic acids is 1. The number of benzene rings is 2. The average Bonchev–Trinajstić information content (AvgIpc) is 3.25. The summed E-state index contributed by atoms with van der Waals surface area (Å²) >= 11 is 0. The number of aryl methyl sites for hydroxylation is 1. The normalized spacial score (nSPS) is 12.5. The van der Waals surface area contributed by atoms with Gasteiger partial charge in [0.05, 0.1) is 26.1 Å². The predicted molar refractivity (Wildman–Crippen MR) is 124 cm³/mol. The topological polar surface area (TPSA) is 67.1 Å². The van der Waals surface area contributed by atoms with Crippen molar-refractivity contribution in [2.45, 2.75) is 44.7 Å². The number of ether oxygens (including phenoxy) is 4. The molecule has 1 heterocycles. The highest BCUT2D eigenvalue weighted by Crippen LogP contribution is 2.36. The summed E-state index contributed by atoms with van der Waals surface area (Å²) in [6, 6.07) is 14.0. The molecule has 0 aliphatic heterocycles. The number of furan rings is 1. The van der Waals surface area contributed by atoms with Crippen LogP contribution in [0.25, 0.3) is 22.3 Å². The Hall–Kier alpha value is -3.51. The third-order valence-electron chi connectivity index (χ3n) is 5.16. The predicted octanol–water partition coefficient (Wildman–Crippen LogP) is 7.32. The molecule has 12 heteroatoms. The monoisotopic (exact) mass is 546 g/mol. The molecule has 0 N–H and O–H groups in total. The number of esters is 1. The molecule has 3 rings (SSSR count). The third-order valence-corrected chi connectivity index (χ3v) is 5.16. The molecule has 0 saturated heterocycles. The lowest BCUT2D eigenvalue weighted by molar-refractivity contribution is -0.514. The first-order chi connectivity index (χ1) is 17.8. The van der Waals surface area contributed by atoms with Crippen molar-refractivity contribution < 1.29 is 54.5 Å². The Morgan fingerprint density at radius 1 is 0.947 bits per heavy atom. The van der Waals surface area contributed by atoms with Crippen LogP contribution < -0.4 is 4.74 Å². The Kier molecular flexibility index (Phi) is 9.10. The molecule has 38 heavy (non-hydrogen) atoms. The summed E-state index contributed by atoms with van der Waals surface area (Å²) in [5.74, 6) is -0.363. The summed E-state index contributed by atoms with van der Waals surface area (Å²) < 4.78 is 104. The fourth-order valence-electron chi connectivity index (χ4n) is 3.39. The molecule has 0 aliphatic rings. The second-order valence-corrected chi connectivity index (χ2v) is 7.98. The summed E-state index contributed by atoms with van der Waals surface area (Å²) in [5, 5.41) is 0.726. The van der Waals surface area contributed by atoms with E-state index in [-0.39, 0.29) is 5.75 Å². The fraction of sp³-hybridized carbons (Fsp3) is 0.346. The minimum absolute atomic E-state index is 0.113. The van der Waals surface area contributed by atoms with Crippen molar-refractivity contribution in [3.8, 4) is 17.1 Å². The van der Waals surface area contributed by atoms with Gasteiger partial charge in [-0.15, -0.1) is 8.78 Å². The maximum atomic E-state index is 13.9. The van der Waals surface area contributed by atoms with Crippen LogP contribution in [-0.4, -0.2) is 37.7 Å². The van der Waals surface area contributed by atoms with Crippen LogP contribution in [-0.2, 0) is 25.4 Å². The first-order valence-corrected chi connectivity index (χ1v) is 11.4. The van der Waals surface area contributed by atoms with Crippen LogP contribution in [0.5, 0.6) is 5.75 Å². The van der Waals surface area contributed by atoms with E-state index in [0.29, 0.717) is 17.4 Å². The standard InChI is InChI=1S/C26H24F6O6/c1-3-17-7-5-6-8-20(17)22-15-18-9-10-19(16-21(18)36-22)34-13-11-24(27,28)37-26(31,32)38-25(29,30)12-14-35-23(33)4-2/h4-10,15-16H,2-3,11-14H2,1H3. The second-order valence-electron chi connectivity index (χ2n) is 7.98. The fourth-order valence-corrected chi connectivity index (χ4v) is 3.39. The molecular formula is C26H24F6O6. The van der Waals surface area contributed by atoms with Crippen molar-refractivity contribution in [1.29, 1.82) is 0 Å². The number of hydrogen-bond acceptors (Lipinski definition) is 6. The van der Waals surface area contributed by atoms with Crippen LogP contribution in [0.4, 0.5) is 26.3 Å². The summed E-state index contributed by atoms with van der Waals surface area (Å²) in [5.41, 5.74) is 2.38. The van der Waals surface area contributed by atoms with Crippen LogP contribution in [0.2, 0.25) is 0 Å². The molecule has 0 unspecified atom stereocenters. The van der Waals surface area contributed by atoms with E-state index in [4.69, 9.17) is 9.15 Å². The van der Waals surface area contributed by atoms with E-state index < -0.39 is 50.5 Å². The third kappa shape index (κ3) is 8.25. The summed E-state index contributed by atoms with van der Waals surface area (Å²) in [7, 11) is 0. The number of alkyl halides is 6. The Labute approximate surface area is 213 Å². The molecule has 0 atom stereocenters. The summed E-state index contributed by atoms with van der Waals surface area (Å²) in [6.07, 6.45) is -16.1. The van der Waals surface area contributed by atoms with Gasteiger partial charge in [-0.2, -0.15) is 17.6 Å². The molecule has 3 aromatic rings. The maximum Gasteiger partial charge on any atom is 0.494 e. The van der Waals surface area contributed by atoms with Gasteiger partial charge in [0, 0.05) is 23.1 Å². The summed E-state index contributed by atoms with van der Waals surface area (Å²) in [6.45, 7) is 3.20. The van der Waals surface area contributed by atoms with E-state index in [1.54, 1.807) is 6.07 Å². The number of carbonyl (C=O) groups is 1. The zero-order valence-corrected chi connectivity index (χ0v) is 20.2. The Bertz CT molecular complexity index is 1260. The van der Waals surface area contributed by atoms with Crippen LogP contribution in [0.3, 0.4) is 0 Å². The van der Waals surface area contributed by atoms with Gasteiger partial charge in [0.25, 0.3) is 0 Å². The number of fused-ring (bicyclic) bond motifs is 1.